The van der Waals surface area contributed by atoms with Gasteiger partial charge < -0.3 is 9.52 Å². The molecule has 5 heteroatoms. The summed E-state index contributed by atoms with van der Waals surface area (Å²) in [6, 6.07) is 8.27. The van der Waals surface area contributed by atoms with E-state index in [0.717, 1.165) is 4.47 Å². The first kappa shape index (κ1) is 11.2. The maximum Gasteiger partial charge on any atom is 0.371 e. The zero-order valence-electron chi connectivity index (χ0n) is 7.91. The normalized spacial score (nSPS) is 10.4. The average Bonchev–Trinajstić information content (AvgIpc) is 2.66. The van der Waals surface area contributed by atoms with E-state index in [9.17, 15) is 4.79 Å². The summed E-state index contributed by atoms with van der Waals surface area (Å²) in [5, 5.41) is 9.22. The number of furan rings is 1. The molecule has 82 valence electrons. The van der Waals surface area contributed by atoms with Crippen LogP contribution in [0.1, 0.15) is 10.6 Å². The van der Waals surface area contributed by atoms with Crippen molar-refractivity contribution in [1.29, 1.82) is 0 Å². The van der Waals surface area contributed by atoms with E-state index in [1.165, 1.54) is 6.07 Å². The van der Waals surface area contributed by atoms with Crippen molar-refractivity contribution in [3.05, 3.63) is 45.6 Å². The number of carbonyl (C=O) groups is 1. The highest BCUT2D eigenvalue weighted by Crippen LogP contribution is 2.31. The third-order valence-electron chi connectivity index (χ3n) is 2.01. The molecule has 2 aromatic rings. The fraction of sp³-hybridized carbons (Fsp3) is 0. The zero-order valence-corrected chi connectivity index (χ0v) is 10.2. The second kappa shape index (κ2) is 4.31. The van der Waals surface area contributed by atoms with Crippen LogP contribution in [-0.4, -0.2) is 11.1 Å². The van der Waals surface area contributed by atoms with Crippen molar-refractivity contribution >= 4 is 33.5 Å². The molecule has 0 saturated heterocycles. The van der Waals surface area contributed by atoms with Gasteiger partial charge in [-0.15, -0.1) is 0 Å². The molecular weight excluding hydrogens is 295 g/mol. The van der Waals surface area contributed by atoms with Crippen LogP contribution in [0.2, 0.25) is 5.02 Å². The molecule has 1 aromatic carbocycles. The standard InChI is InChI=1S/C11H6BrClO3/c12-6-1-2-7(8(13)5-6)9-3-4-10(16-9)11(14)15/h1-5H,(H,14,15). The van der Waals surface area contributed by atoms with Crippen molar-refractivity contribution < 1.29 is 14.3 Å². The summed E-state index contributed by atoms with van der Waals surface area (Å²) in [4.78, 5) is 10.7. The minimum absolute atomic E-state index is 0.103. The van der Waals surface area contributed by atoms with Crippen LogP contribution >= 0.6 is 27.5 Å². The molecule has 2 rings (SSSR count). The second-order valence-electron chi connectivity index (χ2n) is 3.09. The number of aromatic carboxylic acids is 1. The monoisotopic (exact) mass is 300 g/mol. The van der Waals surface area contributed by atoms with Gasteiger partial charge in [-0.1, -0.05) is 27.5 Å². The largest absolute Gasteiger partial charge is 0.475 e. The number of hydrogen-bond donors (Lipinski definition) is 1. The Morgan fingerprint density at radius 2 is 2.06 bits per heavy atom. The van der Waals surface area contributed by atoms with E-state index in [-0.39, 0.29) is 5.76 Å². The highest BCUT2D eigenvalue weighted by Gasteiger charge is 2.12. The van der Waals surface area contributed by atoms with Crippen LogP contribution in [0.3, 0.4) is 0 Å². The lowest BCUT2D eigenvalue weighted by Crippen LogP contribution is -1.91. The zero-order chi connectivity index (χ0) is 11.7. The molecule has 0 atom stereocenters. The first-order valence-corrected chi connectivity index (χ1v) is 5.53. The highest BCUT2D eigenvalue weighted by molar-refractivity contribution is 9.10. The van der Waals surface area contributed by atoms with Crippen LogP contribution in [0.25, 0.3) is 11.3 Å². The van der Waals surface area contributed by atoms with Crippen LogP contribution in [0, 0.1) is 0 Å². The van der Waals surface area contributed by atoms with E-state index in [1.807, 2.05) is 6.07 Å². The Labute approximate surface area is 105 Å². The van der Waals surface area contributed by atoms with Crippen LogP contribution in [-0.2, 0) is 0 Å². The molecule has 0 aliphatic rings. The van der Waals surface area contributed by atoms with E-state index in [1.54, 1.807) is 18.2 Å². The third-order valence-corrected chi connectivity index (χ3v) is 2.82. The lowest BCUT2D eigenvalue weighted by atomic mass is 10.2. The highest BCUT2D eigenvalue weighted by atomic mass is 79.9. The molecule has 0 radical (unpaired) electrons. The molecule has 1 heterocycles. The van der Waals surface area contributed by atoms with E-state index in [4.69, 9.17) is 21.1 Å². The molecule has 1 N–H and O–H groups in total. The molecule has 0 aliphatic heterocycles. The van der Waals surface area contributed by atoms with Crippen molar-refractivity contribution in [3.8, 4) is 11.3 Å². The molecule has 3 nitrogen and oxygen atoms in total. The number of rotatable bonds is 2. The number of carboxylic acids is 1. The summed E-state index contributed by atoms with van der Waals surface area (Å²) >= 11 is 9.30. The van der Waals surface area contributed by atoms with Crippen LogP contribution in [0.4, 0.5) is 0 Å². The molecule has 0 unspecified atom stereocenters. The van der Waals surface area contributed by atoms with Gasteiger partial charge in [-0.25, -0.2) is 4.79 Å². The van der Waals surface area contributed by atoms with E-state index >= 15 is 0 Å². The molecule has 0 spiro atoms. The topological polar surface area (TPSA) is 50.4 Å². The number of halogens is 2. The van der Waals surface area contributed by atoms with Gasteiger partial charge in [0, 0.05) is 10.0 Å². The summed E-state index contributed by atoms with van der Waals surface area (Å²) in [6.45, 7) is 0. The van der Waals surface area contributed by atoms with Gasteiger partial charge in [0.05, 0.1) is 5.02 Å². The molecule has 0 aliphatic carbocycles. The molecular formula is C11H6BrClO3. The lowest BCUT2D eigenvalue weighted by Gasteiger charge is -2.00. The Balaban J connectivity index is 2.46. The Kier molecular flexibility index (Phi) is 3.03. The Morgan fingerprint density at radius 1 is 1.31 bits per heavy atom. The minimum Gasteiger partial charge on any atom is -0.475 e. The number of hydrogen-bond acceptors (Lipinski definition) is 2. The first-order valence-electron chi connectivity index (χ1n) is 4.36. The van der Waals surface area contributed by atoms with E-state index in [2.05, 4.69) is 15.9 Å². The summed E-state index contributed by atoms with van der Waals surface area (Å²) in [6.07, 6.45) is 0. The number of benzene rings is 1. The van der Waals surface area contributed by atoms with E-state index < -0.39 is 5.97 Å². The van der Waals surface area contributed by atoms with Crippen LogP contribution in [0.5, 0.6) is 0 Å². The quantitative estimate of drug-likeness (QED) is 0.910. The van der Waals surface area contributed by atoms with Crippen molar-refractivity contribution in [1.82, 2.24) is 0 Å². The molecule has 0 bridgehead atoms. The lowest BCUT2D eigenvalue weighted by molar-refractivity contribution is 0.0663. The van der Waals surface area contributed by atoms with Gasteiger partial charge in [-0.2, -0.15) is 0 Å². The van der Waals surface area contributed by atoms with Gasteiger partial charge >= 0.3 is 5.97 Å². The smallest absolute Gasteiger partial charge is 0.371 e. The second-order valence-corrected chi connectivity index (χ2v) is 4.42. The maximum atomic E-state index is 10.7. The third kappa shape index (κ3) is 2.13. The molecule has 0 amide bonds. The Bertz CT molecular complexity index is 548. The minimum atomic E-state index is -1.10. The fourth-order valence-electron chi connectivity index (χ4n) is 1.29. The summed E-state index contributed by atoms with van der Waals surface area (Å²) in [5.74, 6) is -0.761. The average molecular weight is 302 g/mol. The summed E-state index contributed by atoms with van der Waals surface area (Å²) in [5.41, 5.74) is 0.664. The van der Waals surface area contributed by atoms with Crippen LogP contribution < -0.4 is 0 Å². The van der Waals surface area contributed by atoms with Crippen molar-refractivity contribution in [3.63, 3.8) is 0 Å². The molecule has 0 fully saturated rings. The Hall–Kier alpha value is -1.26. The number of carboxylic acid groups (broad SMARTS) is 1. The van der Waals surface area contributed by atoms with Crippen molar-refractivity contribution in [2.24, 2.45) is 0 Å². The summed E-state index contributed by atoms with van der Waals surface area (Å²) < 4.78 is 6.01. The van der Waals surface area contributed by atoms with Crippen LogP contribution in [0.15, 0.2) is 39.2 Å². The van der Waals surface area contributed by atoms with E-state index in [0.29, 0.717) is 16.3 Å². The predicted molar refractivity (Wildman–Crippen MR) is 63.8 cm³/mol. The van der Waals surface area contributed by atoms with Gasteiger partial charge in [-0.3, -0.25) is 0 Å². The van der Waals surface area contributed by atoms with Crippen molar-refractivity contribution in [2.45, 2.75) is 0 Å². The van der Waals surface area contributed by atoms with Gasteiger partial charge in [0.25, 0.3) is 0 Å². The molecule has 1 aromatic heterocycles. The molecule has 16 heavy (non-hydrogen) atoms. The Morgan fingerprint density at radius 3 is 2.62 bits per heavy atom. The maximum absolute atomic E-state index is 10.7. The molecule has 0 saturated carbocycles. The van der Waals surface area contributed by atoms with Gasteiger partial charge in [0.15, 0.2) is 0 Å². The van der Waals surface area contributed by atoms with Gasteiger partial charge in [-0.05, 0) is 30.3 Å². The first-order chi connectivity index (χ1) is 7.58. The fourth-order valence-corrected chi connectivity index (χ4v) is 2.05. The van der Waals surface area contributed by atoms with Gasteiger partial charge in [0.2, 0.25) is 5.76 Å². The predicted octanol–water partition coefficient (Wildman–Crippen LogP) is 4.06. The van der Waals surface area contributed by atoms with Gasteiger partial charge in [0.1, 0.15) is 5.76 Å². The SMILES string of the molecule is O=C(O)c1ccc(-c2ccc(Br)cc2Cl)o1. The summed E-state index contributed by atoms with van der Waals surface area (Å²) in [7, 11) is 0. The van der Waals surface area contributed by atoms with Crippen molar-refractivity contribution in [2.75, 3.05) is 0 Å².